The van der Waals surface area contributed by atoms with Crippen LogP contribution in [0.4, 0.5) is 0 Å². The molecule has 6 nitrogen and oxygen atoms in total. The van der Waals surface area contributed by atoms with Crippen LogP contribution in [0.5, 0.6) is 11.5 Å². The van der Waals surface area contributed by atoms with Gasteiger partial charge in [0.25, 0.3) is 5.91 Å². The molecule has 0 saturated carbocycles. The summed E-state index contributed by atoms with van der Waals surface area (Å²) in [7, 11) is 0. The van der Waals surface area contributed by atoms with Crippen molar-refractivity contribution in [2.24, 2.45) is 0 Å². The summed E-state index contributed by atoms with van der Waals surface area (Å²) in [6.45, 7) is 0.958. The lowest BCUT2D eigenvalue weighted by Crippen LogP contribution is -2.30. The average Bonchev–Trinajstić information content (AvgIpc) is 2.69. The monoisotopic (exact) mass is 443 g/mol. The van der Waals surface area contributed by atoms with E-state index in [0.717, 1.165) is 5.56 Å². The van der Waals surface area contributed by atoms with Crippen molar-refractivity contribution in [1.29, 1.82) is 0 Å². The van der Waals surface area contributed by atoms with Crippen LogP contribution in [0.25, 0.3) is 0 Å². The highest BCUT2D eigenvalue weighted by atomic mass is 35.5. The van der Waals surface area contributed by atoms with Crippen LogP contribution in [-0.4, -0.2) is 38.2 Å². The molecule has 148 valence electrons. The lowest BCUT2D eigenvalue weighted by molar-refractivity contribution is -0.124. The Hall–Kier alpha value is -2.15. The summed E-state index contributed by atoms with van der Waals surface area (Å²) in [5, 5.41) is 2.93. The molecule has 0 fully saturated rings. The predicted octanol–water partition coefficient (Wildman–Crippen LogP) is 3.93. The lowest BCUT2D eigenvalue weighted by atomic mass is 10.1. The molecule has 9 heteroatoms. The third-order valence-electron chi connectivity index (χ3n) is 3.92. The van der Waals surface area contributed by atoms with Crippen LogP contribution in [0.15, 0.2) is 30.3 Å². The van der Waals surface area contributed by atoms with Crippen LogP contribution in [0.3, 0.4) is 0 Å². The number of carbonyl (C=O) groups excluding carboxylic acids is 2. The third kappa shape index (κ3) is 5.01. The highest BCUT2D eigenvalue weighted by molar-refractivity contribution is 6.46. The van der Waals surface area contributed by atoms with E-state index in [4.69, 9.17) is 49.0 Å². The van der Waals surface area contributed by atoms with Crippen LogP contribution in [0, 0.1) is 0 Å². The molecule has 0 spiro atoms. The Balaban J connectivity index is 1.46. The zero-order chi connectivity index (χ0) is 20.1. The van der Waals surface area contributed by atoms with Crippen molar-refractivity contribution in [2.75, 3.05) is 26.4 Å². The van der Waals surface area contributed by atoms with Crippen molar-refractivity contribution >= 4 is 46.7 Å². The van der Waals surface area contributed by atoms with Gasteiger partial charge in [0.05, 0.1) is 20.6 Å². The van der Waals surface area contributed by atoms with E-state index in [0.29, 0.717) is 37.7 Å². The summed E-state index contributed by atoms with van der Waals surface area (Å²) in [6.07, 6.45) is 0.586. The first-order valence-electron chi connectivity index (χ1n) is 8.41. The largest absolute Gasteiger partial charge is 0.486 e. The Morgan fingerprint density at radius 2 is 1.71 bits per heavy atom. The van der Waals surface area contributed by atoms with E-state index in [1.807, 2.05) is 18.2 Å². The predicted molar refractivity (Wildman–Crippen MR) is 106 cm³/mol. The maximum absolute atomic E-state index is 12.1. The molecule has 1 heterocycles. The summed E-state index contributed by atoms with van der Waals surface area (Å²) in [4.78, 5) is 24.0. The molecule has 3 rings (SSSR count). The molecule has 0 radical (unpaired) electrons. The van der Waals surface area contributed by atoms with Crippen molar-refractivity contribution in [2.45, 2.75) is 6.42 Å². The first-order valence-corrected chi connectivity index (χ1v) is 9.55. The lowest BCUT2D eigenvalue weighted by Gasteiger charge is -2.18. The zero-order valence-corrected chi connectivity index (χ0v) is 16.9. The number of rotatable bonds is 6. The summed E-state index contributed by atoms with van der Waals surface area (Å²) >= 11 is 17.8. The number of nitrogens with one attached hydrogen (secondary N) is 1. The Morgan fingerprint density at radius 1 is 1.00 bits per heavy atom. The van der Waals surface area contributed by atoms with Gasteiger partial charge in [-0.25, -0.2) is 4.79 Å². The third-order valence-corrected chi connectivity index (χ3v) is 5.04. The summed E-state index contributed by atoms with van der Waals surface area (Å²) in [5.41, 5.74) is 0.916. The molecule has 1 aliphatic heterocycles. The van der Waals surface area contributed by atoms with Gasteiger partial charge in [0.15, 0.2) is 18.1 Å². The quantitative estimate of drug-likeness (QED) is 0.540. The maximum atomic E-state index is 12.1. The molecule has 2 aromatic carbocycles. The second-order valence-corrected chi connectivity index (χ2v) is 7.06. The fraction of sp³-hybridized carbons (Fsp3) is 0.263. The number of ether oxygens (including phenoxy) is 3. The van der Waals surface area contributed by atoms with E-state index in [1.54, 1.807) is 0 Å². The summed E-state index contributed by atoms with van der Waals surface area (Å²) in [6, 6.07) is 8.52. The van der Waals surface area contributed by atoms with Crippen molar-refractivity contribution in [3.05, 3.63) is 56.5 Å². The highest BCUT2D eigenvalue weighted by Gasteiger charge is 2.19. The molecule has 1 N–H and O–H groups in total. The number of carbonyl (C=O) groups is 2. The van der Waals surface area contributed by atoms with E-state index < -0.39 is 18.5 Å². The number of halogens is 3. The molecule has 0 aromatic heterocycles. The van der Waals surface area contributed by atoms with Gasteiger partial charge in [-0.05, 0) is 36.2 Å². The van der Waals surface area contributed by atoms with E-state index in [2.05, 4.69) is 5.32 Å². The van der Waals surface area contributed by atoms with Gasteiger partial charge in [-0.3, -0.25) is 4.79 Å². The van der Waals surface area contributed by atoms with Crippen LogP contribution in [-0.2, 0) is 16.0 Å². The van der Waals surface area contributed by atoms with Gasteiger partial charge in [-0.15, -0.1) is 0 Å². The second kappa shape index (κ2) is 9.37. The van der Waals surface area contributed by atoms with Gasteiger partial charge in [-0.2, -0.15) is 0 Å². The number of benzene rings is 2. The molecule has 0 bridgehead atoms. The Bertz CT molecular complexity index is 903. The summed E-state index contributed by atoms with van der Waals surface area (Å²) in [5.74, 6) is 0.142. The van der Waals surface area contributed by atoms with Crippen molar-refractivity contribution in [3.8, 4) is 11.5 Å². The Morgan fingerprint density at radius 3 is 2.50 bits per heavy atom. The molecule has 0 atom stereocenters. The SMILES string of the molecule is O=C(COC(=O)c1c(Cl)ccc(Cl)c1Cl)NCCc1ccc2c(c1)OCCO2. The first kappa shape index (κ1) is 20.6. The van der Waals surface area contributed by atoms with E-state index in [-0.39, 0.29) is 20.6 Å². The molecular weight excluding hydrogens is 429 g/mol. The number of hydrogen-bond donors (Lipinski definition) is 1. The minimum atomic E-state index is -0.820. The molecule has 0 unspecified atom stereocenters. The zero-order valence-electron chi connectivity index (χ0n) is 14.6. The fourth-order valence-corrected chi connectivity index (χ4v) is 3.24. The van der Waals surface area contributed by atoms with Crippen LogP contribution < -0.4 is 14.8 Å². The van der Waals surface area contributed by atoms with Gasteiger partial charge in [0.2, 0.25) is 0 Å². The normalized spacial score (nSPS) is 12.4. The van der Waals surface area contributed by atoms with Crippen LogP contribution in [0.2, 0.25) is 15.1 Å². The number of fused-ring (bicyclic) bond motifs is 1. The Labute approximate surface area is 176 Å². The second-order valence-electron chi connectivity index (χ2n) is 5.87. The van der Waals surface area contributed by atoms with Gasteiger partial charge in [0.1, 0.15) is 13.2 Å². The van der Waals surface area contributed by atoms with Crippen molar-refractivity contribution in [1.82, 2.24) is 5.32 Å². The molecular formula is C19H16Cl3NO5. The van der Waals surface area contributed by atoms with E-state index >= 15 is 0 Å². The standard InChI is InChI=1S/C19H16Cl3NO5/c20-12-2-3-13(21)18(22)17(12)19(25)28-10-16(24)23-6-5-11-1-4-14-15(9-11)27-8-7-26-14/h1-4,9H,5-8,10H2,(H,23,24). The highest BCUT2D eigenvalue weighted by Crippen LogP contribution is 2.32. The molecule has 1 aliphatic rings. The van der Waals surface area contributed by atoms with E-state index in [9.17, 15) is 9.59 Å². The van der Waals surface area contributed by atoms with E-state index in [1.165, 1.54) is 12.1 Å². The molecule has 2 aromatic rings. The Kier molecular flexibility index (Phi) is 6.88. The minimum absolute atomic E-state index is 0.0156. The molecule has 1 amide bonds. The maximum Gasteiger partial charge on any atom is 0.341 e. The van der Waals surface area contributed by atoms with Crippen LogP contribution >= 0.6 is 34.8 Å². The number of amides is 1. The topological polar surface area (TPSA) is 73.9 Å². The van der Waals surface area contributed by atoms with Crippen molar-refractivity contribution < 1.29 is 23.8 Å². The first-order chi connectivity index (χ1) is 13.5. The molecule has 0 aliphatic carbocycles. The smallest absolute Gasteiger partial charge is 0.341 e. The fourth-order valence-electron chi connectivity index (χ4n) is 2.56. The average molecular weight is 445 g/mol. The van der Waals surface area contributed by atoms with Gasteiger partial charge >= 0.3 is 5.97 Å². The molecule has 28 heavy (non-hydrogen) atoms. The number of hydrogen-bond acceptors (Lipinski definition) is 5. The van der Waals surface area contributed by atoms with Gasteiger partial charge in [0, 0.05) is 6.54 Å². The van der Waals surface area contributed by atoms with Crippen molar-refractivity contribution in [3.63, 3.8) is 0 Å². The van der Waals surface area contributed by atoms with Gasteiger partial charge < -0.3 is 19.5 Å². The minimum Gasteiger partial charge on any atom is -0.486 e. The van der Waals surface area contributed by atoms with Crippen LogP contribution in [0.1, 0.15) is 15.9 Å². The van der Waals surface area contributed by atoms with Gasteiger partial charge in [-0.1, -0.05) is 40.9 Å². The summed E-state index contributed by atoms with van der Waals surface area (Å²) < 4.78 is 16.0. The molecule has 0 saturated heterocycles. The number of esters is 1.